The molecular weight excluding hydrogens is 220 g/mol. The van der Waals surface area contributed by atoms with E-state index >= 15 is 0 Å². The van der Waals surface area contributed by atoms with Gasteiger partial charge in [0, 0.05) is 0 Å². The molecule has 0 aliphatic heterocycles. The van der Waals surface area contributed by atoms with Gasteiger partial charge in [-0.1, -0.05) is 36.8 Å². The quantitative estimate of drug-likeness (QED) is 0.808. The maximum atomic E-state index is 9.47. The van der Waals surface area contributed by atoms with E-state index < -0.39 is 0 Å². The highest BCUT2D eigenvalue weighted by atomic mass is 16.3. The zero-order valence-corrected chi connectivity index (χ0v) is 10.7. The average Bonchev–Trinajstić information content (AvgIpc) is 2.27. The molecule has 1 heteroatoms. The molecule has 18 heavy (non-hydrogen) atoms. The average molecular weight is 238 g/mol. The van der Waals surface area contributed by atoms with Crippen molar-refractivity contribution < 1.29 is 5.11 Å². The third-order valence-electron chi connectivity index (χ3n) is 3.98. The first-order chi connectivity index (χ1) is 8.74. The van der Waals surface area contributed by atoms with Crippen LogP contribution < -0.4 is 0 Å². The van der Waals surface area contributed by atoms with Gasteiger partial charge in [-0.25, -0.2) is 0 Å². The molecule has 0 amide bonds. The number of phenolic OH excluding ortho intramolecular Hbond substituents is 1. The third-order valence-corrected chi connectivity index (χ3v) is 3.98. The molecule has 3 rings (SSSR count). The van der Waals surface area contributed by atoms with Gasteiger partial charge in [-0.3, -0.25) is 0 Å². The Kier molecular flexibility index (Phi) is 2.83. The Hall–Kier alpha value is -1.76. The van der Waals surface area contributed by atoms with Crippen LogP contribution in [0.1, 0.15) is 36.3 Å². The summed E-state index contributed by atoms with van der Waals surface area (Å²) in [5, 5.41) is 9.47. The van der Waals surface area contributed by atoms with E-state index in [1.165, 1.54) is 36.0 Å². The van der Waals surface area contributed by atoms with Crippen LogP contribution in [0.25, 0.3) is 11.1 Å². The molecule has 2 aromatic rings. The van der Waals surface area contributed by atoms with Crippen molar-refractivity contribution in [1.82, 2.24) is 0 Å². The van der Waals surface area contributed by atoms with Gasteiger partial charge in [0.1, 0.15) is 5.75 Å². The molecule has 0 spiro atoms. The fourth-order valence-corrected chi connectivity index (χ4v) is 2.67. The van der Waals surface area contributed by atoms with Crippen LogP contribution in [0.3, 0.4) is 0 Å². The molecule has 0 heterocycles. The zero-order chi connectivity index (χ0) is 12.5. The minimum atomic E-state index is 0.339. The Bertz CT molecular complexity index is 568. The molecule has 2 aromatic carbocycles. The summed E-state index contributed by atoms with van der Waals surface area (Å²) in [6.45, 7) is 2.05. The second-order valence-electron chi connectivity index (χ2n) is 5.25. The third kappa shape index (κ3) is 2.01. The summed E-state index contributed by atoms with van der Waals surface area (Å²) < 4.78 is 0. The van der Waals surface area contributed by atoms with Crippen LogP contribution >= 0.6 is 0 Å². The first-order valence-corrected chi connectivity index (χ1v) is 6.64. The number of rotatable bonds is 2. The van der Waals surface area contributed by atoms with Crippen LogP contribution in [0, 0.1) is 6.92 Å². The molecule has 0 atom stereocenters. The number of phenols is 1. The summed E-state index contributed by atoms with van der Waals surface area (Å²) in [6, 6.07) is 14.4. The Labute approximate surface area is 108 Å². The van der Waals surface area contributed by atoms with E-state index in [1.807, 2.05) is 19.1 Å². The summed E-state index contributed by atoms with van der Waals surface area (Å²) >= 11 is 0. The van der Waals surface area contributed by atoms with Crippen LogP contribution in [-0.4, -0.2) is 5.11 Å². The molecule has 0 unspecified atom stereocenters. The van der Waals surface area contributed by atoms with Crippen molar-refractivity contribution in [3.8, 4) is 16.9 Å². The Morgan fingerprint density at radius 2 is 1.89 bits per heavy atom. The van der Waals surface area contributed by atoms with E-state index in [9.17, 15) is 5.11 Å². The van der Waals surface area contributed by atoms with Crippen LogP contribution in [0.2, 0.25) is 0 Å². The zero-order valence-electron chi connectivity index (χ0n) is 10.7. The lowest BCUT2D eigenvalue weighted by Crippen LogP contribution is -2.08. The highest BCUT2D eigenvalue weighted by Crippen LogP contribution is 2.38. The van der Waals surface area contributed by atoms with Gasteiger partial charge in [-0.05, 0) is 60.1 Å². The molecule has 1 saturated carbocycles. The number of hydrogen-bond acceptors (Lipinski definition) is 1. The number of benzene rings is 2. The van der Waals surface area contributed by atoms with Gasteiger partial charge in [0.15, 0.2) is 0 Å². The first-order valence-electron chi connectivity index (χ1n) is 6.64. The van der Waals surface area contributed by atoms with E-state index in [1.54, 1.807) is 6.07 Å². The Morgan fingerprint density at radius 1 is 1.06 bits per heavy atom. The monoisotopic (exact) mass is 238 g/mol. The normalized spacial score (nSPS) is 15.4. The first kappa shape index (κ1) is 11.3. The molecule has 0 bridgehead atoms. The Balaban J connectivity index is 2.00. The predicted octanol–water partition coefficient (Wildman–Crippen LogP) is 4.64. The van der Waals surface area contributed by atoms with Crippen molar-refractivity contribution in [1.29, 1.82) is 0 Å². The number of aryl methyl sites for hydroxylation is 1. The topological polar surface area (TPSA) is 20.2 Å². The molecule has 0 saturated heterocycles. The van der Waals surface area contributed by atoms with Gasteiger partial charge in [0.25, 0.3) is 0 Å². The second kappa shape index (κ2) is 4.49. The minimum absolute atomic E-state index is 0.339. The molecule has 1 aliphatic rings. The molecule has 1 aliphatic carbocycles. The summed E-state index contributed by atoms with van der Waals surface area (Å²) in [5.41, 5.74) is 5.07. The molecule has 1 nitrogen and oxygen atoms in total. The smallest absolute Gasteiger partial charge is 0.115 e. The van der Waals surface area contributed by atoms with Gasteiger partial charge >= 0.3 is 0 Å². The second-order valence-corrected chi connectivity index (χ2v) is 5.25. The van der Waals surface area contributed by atoms with Crippen molar-refractivity contribution in [2.24, 2.45) is 0 Å². The fraction of sp³-hybridized carbons (Fsp3) is 0.294. The van der Waals surface area contributed by atoms with Crippen LogP contribution in [0.4, 0.5) is 0 Å². The standard InChI is InChI=1S/C17H18O/c1-12-10-16(18)8-9-17(12)15-7-3-6-14(11-15)13-4-2-5-13/h3,6-11,13,18H,2,4-5H2,1H3. The summed E-state index contributed by atoms with van der Waals surface area (Å²) in [4.78, 5) is 0. The van der Waals surface area contributed by atoms with Crippen LogP contribution in [0.5, 0.6) is 5.75 Å². The van der Waals surface area contributed by atoms with Crippen molar-refractivity contribution in [3.63, 3.8) is 0 Å². The van der Waals surface area contributed by atoms with Crippen molar-refractivity contribution in [2.45, 2.75) is 32.1 Å². The lowest BCUT2D eigenvalue weighted by molar-refractivity contribution is 0.420. The molecule has 92 valence electrons. The van der Waals surface area contributed by atoms with Gasteiger partial charge < -0.3 is 5.11 Å². The van der Waals surface area contributed by atoms with Gasteiger partial charge in [-0.2, -0.15) is 0 Å². The van der Waals surface area contributed by atoms with E-state index in [4.69, 9.17) is 0 Å². The minimum Gasteiger partial charge on any atom is -0.508 e. The van der Waals surface area contributed by atoms with E-state index in [2.05, 4.69) is 24.3 Å². The van der Waals surface area contributed by atoms with Crippen LogP contribution in [0.15, 0.2) is 42.5 Å². The largest absolute Gasteiger partial charge is 0.508 e. The fourth-order valence-electron chi connectivity index (χ4n) is 2.67. The molecule has 0 aromatic heterocycles. The van der Waals surface area contributed by atoms with E-state index in [0.717, 1.165) is 11.5 Å². The van der Waals surface area contributed by atoms with Crippen molar-refractivity contribution in [3.05, 3.63) is 53.6 Å². The van der Waals surface area contributed by atoms with Crippen molar-refractivity contribution in [2.75, 3.05) is 0 Å². The molecule has 0 radical (unpaired) electrons. The predicted molar refractivity (Wildman–Crippen MR) is 74.9 cm³/mol. The van der Waals surface area contributed by atoms with Crippen LogP contribution in [-0.2, 0) is 0 Å². The number of aromatic hydroxyl groups is 1. The molecule has 1 N–H and O–H groups in total. The van der Waals surface area contributed by atoms with Gasteiger partial charge in [0.2, 0.25) is 0 Å². The summed E-state index contributed by atoms with van der Waals surface area (Å²) in [5.74, 6) is 1.11. The molecule has 1 fully saturated rings. The van der Waals surface area contributed by atoms with E-state index in [-0.39, 0.29) is 0 Å². The Morgan fingerprint density at radius 3 is 2.56 bits per heavy atom. The maximum Gasteiger partial charge on any atom is 0.115 e. The highest BCUT2D eigenvalue weighted by molar-refractivity contribution is 5.68. The maximum absolute atomic E-state index is 9.47. The SMILES string of the molecule is Cc1cc(O)ccc1-c1cccc(C2CCC2)c1. The lowest BCUT2D eigenvalue weighted by Gasteiger charge is -2.26. The highest BCUT2D eigenvalue weighted by Gasteiger charge is 2.19. The van der Waals surface area contributed by atoms with Gasteiger partial charge in [-0.15, -0.1) is 0 Å². The lowest BCUT2D eigenvalue weighted by atomic mass is 9.79. The summed E-state index contributed by atoms with van der Waals surface area (Å²) in [7, 11) is 0. The number of hydrogen-bond donors (Lipinski definition) is 1. The van der Waals surface area contributed by atoms with Gasteiger partial charge in [0.05, 0.1) is 0 Å². The van der Waals surface area contributed by atoms with E-state index in [0.29, 0.717) is 5.75 Å². The summed E-state index contributed by atoms with van der Waals surface area (Å²) in [6.07, 6.45) is 4.03. The molecular formula is C17H18O. The van der Waals surface area contributed by atoms with Crippen molar-refractivity contribution >= 4 is 0 Å².